The van der Waals surface area contributed by atoms with Crippen molar-refractivity contribution in [3.8, 4) is 5.95 Å². The van der Waals surface area contributed by atoms with Crippen molar-refractivity contribution in [2.45, 2.75) is 44.4 Å². The first-order chi connectivity index (χ1) is 15.6. The zero-order valence-corrected chi connectivity index (χ0v) is 17.6. The van der Waals surface area contributed by atoms with Gasteiger partial charge in [-0.25, -0.2) is 9.20 Å². The van der Waals surface area contributed by atoms with E-state index in [9.17, 15) is 9.59 Å². The summed E-state index contributed by atoms with van der Waals surface area (Å²) in [5, 5.41) is 12.9. The Hall–Kier alpha value is -3.76. The molecular formula is C21H22N8O3. The predicted octanol–water partition coefficient (Wildman–Crippen LogP) is 1.80. The molecule has 2 fully saturated rings. The summed E-state index contributed by atoms with van der Waals surface area (Å²) >= 11 is 0. The zero-order chi connectivity index (χ0) is 21.8. The molecule has 164 valence electrons. The van der Waals surface area contributed by atoms with Gasteiger partial charge >= 0.3 is 0 Å². The summed E-state index contributed by atoms with van der Waals surface area (Å²) in [4.78, 5) is 34.6. The van der Waals surface area contributed by atoms with Crippen molar-refractivity contribution in [2.24, 2.45) is 0 Å². The highest BCUT2D eigenvalue weighted by molar-refractivity contribution is 5.95. The number of aromatic amines is 1. The van der Waals surface area contributed by atoms with E-state index in [1.807, 2.05) is 4.90 Å². The van der Waals surface area contributed by atoms with Gasteiger partial charge in [-0.2, -0.15) is 10.1 Å². The molecule has 0 spiro atoms. The van der Waals surface area contributed by atoms with Crippen molar-refractivity contribution in [2.75, 3.05) is 13.1 Å². The van der Waals surface area contributed by atoms with Crippen LogP contribution in [0.2, 0.25) is 0 Å². The molecule has 1 saturated heterocycles. The van der Waals surface area contributed by atoms with Gasteiger partial charge in [0.25, 0.3) is 11.5 Å². The summed E-state index contributed by atoms with van der Waals surface area (Å²) in [6.45, 7) is 3.03. The van der Waals surface area contributed by atoms with E-state index in [0.717, 1.165) is 37.4 Å². The fraction of sp³-hybridized carbons (Fsp3) is 0.429. The molecule has 1 aliphatic carbocycles. The zero-order valence-electron chi connectivity index (χ0n) is 17.6. The quantitative estimate of drug-likeness (QED) is 0.519. The fourth-order valence-electron chi connectivity index (χ4n) is 4.28. The number of hydrogen-bond donors (Lipinski definition) is 1. The van der Waals surface area contributed by atoms with Crippen molar-refractivity contribution in [3.63, 3.8) is 0 Å². The number of H-pyrrole nitrogens is 1. The second-order valence-corrected chi connectivity index (χ2v) is 8.50. The minimum Gasteiger partial charge on any atom is -0.339 e. The molecule has 0 bridgehead atoms. The van der Waals surface area contributed by atoms with E-state index < -0.39 is 0 Å². The maximum Gasteiger partial charge on any atom is 0.276 e. The Morgan fingerprint density at radius 2 is 2.00 bits per heavy atom. The number of piperidine rings is 1. The molecule has 0 atom stereocenters. The largest absolute Gasteiger partial charge is 0.339 e. The van der Waals surface area contributed by atoms with Gasteiger partial charge in [-0.1, -0.05) is 5.16 Å². The van der Waals surface area contributed by atoms with Crippen LogP contribution in [0.15, 0.2) is 33.8 Å². The van der Waals surface area contributed by atoms with Gasteiger partial charge in [-0.05, 0) is 44.7 Å². The predicted molar refractivity (Wildman–Crippen MR) is 112 cm³/mol. The lowest BCUT2D eigenvalue weighted by Gasteiger charge is -2.30. The van der Waals surface area contributed by atoms with Gasteiger partial charge in [0.15, 0.2) is 5.82 Å². The van der Waals surface area contributed by atoms with Gasteiger partial charge in [0, 0.05) is 31.1 Å². The van der Waals surface area contributed by atoms with E-state index in [-0.39, 0.29) is 23.3 Å². The molecule has 4 aromatic rings. The molecule has 32 heavy (non-hydrogen) atoms. The van der Waals surface area contributed by atoms with Gasteiger partial charge in [-0.15, -0.1) is 5.10 Å². The summed E-state index contributed by atoms with van der Waals surface area (Å²) in [5.74, 6) is 2.35. The van der Waals surface area contributed by atoms with E-state index in [0.29, 0.717) is 35.8 Å². The SMILES string of the molecule is Cc1c(C(=O)N2CCC(c3noc(C4CC4)n3)CC2)cnn1-c1nn2cccc2c(=O)[nH]1. The third-order valence-electron chi connectivity index (χ3n) is 6.36. The topological polar surface area (TPSA) is 127 Å². The number of likely N-dealkylation sites (tertiary alicyclic amines) is 1. The summed E-state index contributed by atoms with van der Waals surface area (Å²) in [7, 11) is 0. The Balaban J connectivity index is 1.18. The minimum absolute atomic E-state index is 0.0802. The van der Waals surface area contributed by atoms with E-state index in [1.54, 1.807) is 25.3 Å². The standard InChI is InChI=1S/C21H22N8O3/c1-12-15(11-22-29(12)21-24-18(30)16-3-2-8-28(16)25-21)20(31)27-9-6-13(7-10-27)17-23-19(32-26-17)14-4-5-14/h2-3,8,11,13-14H,4-7,9-10H2,1H3,(H,24,25,30). The second-order valence-electron chi connectivity index (χ2n) is 8.50. The van der Waals surface area contributed by atoms with Gasteiger partial charge in [0.05, 0.1) is 17.5 Å². The fourth-order valence-corrected chi connectivity index (χ4v) is 4.28. The van der Waals surface area contributed by atoms with Crippen LogP contribution in [0.5, 0.6) is 0 Å². The number of hydrogen-bond acceptors (Lipinski definition) is 7. The molecule has 5 heterocycles. The summed E-state index contributed by atoms with van der Waals surface area (Å²) in [5.41, 5.74) is 1.30. The molecule has 0 aromatic carbocycles. The number of carbonyl (C=O) groups is 1. The number of amides is 1. The van der Waals surface area contributed by atoms with Crippen LogP contribution >= 0.6 is 0 Å². The van der Waals surface area contributed by atoms with Crippen LogP contribution in [0.25, 0.3) is 11.5 Å². The maximum absolute atomic E-state index is 13.2. The van der Waals surface area contributed by atoms with Gasteiger partial charge in [0.1, 0.15) is 5.52 Å². The number of nitrogens with zero attached hydrogens (tertiary/aromatic N) is 7. The number of aromatic nitrogens is 7. The molecule has 4 aromatic heterocycles. The normalized spacial score (nSPS) is 17.3. The number of carbonyl (C=O) groups excluding carboxylic acids is 1. The molecule has 6 rings (SSSR count). The molecule has 1 N–H and O–H groups in total. The first-order valence-corrected chi connectivity index (χ1v) is 10.8. The highest BCUT2D eigenvalue weighted by atomic mass is 16.5. The van der Waals surface area contributed by atoms with Crippen molar-refractivity contribution < 1.29 is 9.32 Å². The first-order valence-electron chi connectivity index (χ1n) is 10.8. The molecule has 11 heteroatoms. The van der Waals surface area contributed by atoms with Crippen LogP contribution in [-0.2, 0) is 0 Å². The number of rotatable bonds is 4. The molecule has 0 radical (unpaired) electrons. The van der Waals surface area contributed by atoms with E-state index >= 15 is 0 Å². The summed E-state index contributed by atoms with van der Waals surface area (Å²) in [6.07, 6.45) is 7.07. The third-order valence-corrected chi connectivity index (χ3v) is 6.36. The van der Waals surface area contributed by atoms with Gasteiger partial charge < -0.3 is 9.42 Å². The van der Waals surface area contributed by atoms with Crippen LogP contribution in [0, 0.1) is 6.92 Å². The smallest absolute Gasteiger partial charge is 0.276 e. The highest BCUT2D eigenvalue weighted by Gasteiger charge is 2.33. The minimum atomic E-state index is -0.267. The van der Waals surface area contributed by atoms with Crippen molar-refractivity contribution in [1.82, 2.24) is 39.4 Å². The Morgan fingerprint density at radius 3 is 2.78 bits per heavy atom. The van der Waals surface area contributed by atoms with Crippen LogP contribution in [-0.4, -0.2) is 58.4 Å². The molecule has 1 saturated carbocycles. The Bertz CT molecular complexity index is 1370. The number of nitrogens with one attached hydrogen (secondary N) is 1. The first kappa shape index (κ1) is 19.0. The van der Waals surface area contributed by atoms with Crippen molar-refractivity contribution >= 4 is 11.4 Å². The Labute approximate surface area is 182 Å². The lowest BCUT2D eigenvalue weighted by atomic mass is 9.95. The van der Waals surface area contributed by atoms with Crippen LogP contribution in [0.1, 0.15) is 65.3 Å². The lowest BCUT2D eigenvalue weighted by Crippen LogP contribution is -2.38. The average Bonchev–Trinajstić information content (AvgIpc) is 3.19. The molecule has 1 amide bonds. The molecule has 1 aliphatic heterocycles. The summed E-state index contributed by atoms with van der Waals surface area (Å²) in [6, 6.07) is 3.43. The maximum atomic E-state index is 13.2. The average molecular weight is 434 g/mol. The van der Waals surface area contributed by atoms with Crippen LogP contribution < -0.4 is 5.56 Å². The van der Waals surface area contributed by atoms with Crippen molar-refractivity contribution in [1.29, 1.82) is 0 Å². The van der Waals surface area contributed by atoms with Gasteiger partial charge in [-0.3, -0.25) is 14.6 Å². The van der Waals surface area contributed by atoms with Crippen LogP contribution in [0.3, 0.4) is 0 Å². The van der Waals surface area contributed by atoms with Crippen molar-refractivity contribution in [3.05, 3.63) is 57.9 Å². The van der Waals surface area contributed by atoms with Gasteiger partial charge in [0.2, 0.25) is 11.8 Å². The number of fused-ring (bicyclic) bond motifs is 1. The Morgan fingerprint density at radius 1 is 1.19 bits per heavy atom. The van der Waals surface area contributed by atoms with Crippen LogP contribution in [0.4, 0.5) is 0 Å². The molecular weight excluding hydrogens is 412 g/mol. The molecule has 2 aliphatic rings. The van der Waals surface area contributed by atoms with E-state index in [4.69, 9.17) is 4.52 Å². The molecule has 0 unspecified atom stereocenters. The second kappa shape index (κ2) is 7.14. The highest BCUT2D eigenvalue weighted by Crippen LogP contribution is 2.39. The monoisotopic (exact) mass is 434 g/mol. The molecule has 11 nitrogen and oxygen atoms in total. The third kappa shape index (κ3) is 3.12. The van der Waals surface area contributed by atoms with E-state index in [1.165, 1.54) is 15.4 Å². The lowest BCUT2D eigenvalue weighted by molar-refractivity contribution is 0.0710. The summed E-state index contributed by atoms with van der Waals surface area (Å²) < 4.78 is 8.37. The van der Waals surface area contributed by atoms with E-state index in [2.05, 4.69) is 25.3 Å². The Kier molecular flexibility index (Phi) is 4.23.